The van der Waals surface area contributed by atoms with Crippen LogP contribution >= 0.6 is 11.6 Å². The fourth-order valence-corrected chi connectivity index (χ4v) is 2.34. The Morgan fingerprint density at radius 2 is 1.89 bits per heavy atom. The van der Waals surface area contributed by atoms with Crippen molar-refractivity contribution in [1.82, 2.24) is 5.32 Å². The van der Waals surface area contributed by atoms with Crippen LogP contribution in [0.1, 0.15) is 51.3 Å². The summed E-state index contributed by atoms with van der Waals surface area (Å²) in [6.45, 7) is 10.7. The van der Waals surface area contributed by atoms with Gasteiger partial charge in [0.05, 0.1) is 0 Å². The highest BCUT2D eigenvalue weighted by atomic mass is 35.5. The van der Waals surface area contributed by atoms with Gasteiger partial charge < -0.3 is 5.32 Å². The van der Waals surface area contributed by atoms with Crippen molar-refractivity contribution in [1.29, 1.82) is 0 Å². The second-order valence-electron chi connectivity index (χ2n) is 6.47. The first-order chi connectivity index (χ1) is 8.66. The van der Waals surface area contributed by atoms with Gasteiger partial charge >= 0.3 is 0 Å². The van der Waals surface area contributed by atoms with Crippen LogP contribution in [-0.2, 0) is 0 Å². The molecule has 2 atom stereocenters. The predicted molar refractivity (Wildman–Crippen MR) is 81.2 cm³/mol. The molecule has 0 heterocycles. The first-order valence-corrected chi connectivity index (χ1v) is 7.17. The predicted octanol–water partition coefficient (Wildman–Crippen LogP) is 5.12. The van der Waals surface area contributed by atoms with Gasteiger partial charge in [0.25, 0.3) is 0 Å². The summed E-state index contributed by atoms with van der Waals surface area (Å²) in [5.74, 6) is 0.291. The maximum atomic E-state index is 13.5. The van der Waals surface area contributed by atoms with Crippen LogP contribution in [0.4, 0.5) is 4.39 Å². The van der Waals surface area contributed by atoms with Gasteiger partial charge in [0, 0.05) is 11.1 Å². The third-order valence-corrected chi connectivity index (χ3v) is 4.40. The molecule has 2 unspecified atom stereocenters. The monoisotopic (exact) mass is 285 g/mol. The van der Waals surface area contributed by atoms with E-state index in [1.54, 1.807) is 6.92 Å². The molecule has 0 aliphatic carbocycles. The standard InChI is InChI=1S/C16H25ClFN/c1-10-7-12(13(17)9-14(10)18)15(19-6)8-11(2)16(3,4)5/h7,9,11,15,19H,8H2,1-6H3. The molecular formula is C16H25ClFN. The number of rotatable bonds is 4. The van der Waals surface area contributed by atoms with Crippen molar-refractivity contribution in [3.63, 3.8) is 0 Å². The van der Waals surface area contributed by atoms with E-state index in [4.69, 9.17) is 11.6 Å². The minimum atomic E-state index is -0.243. The molecule has 1 rings (SSSR count). The molecule has 0 saturated carbocycles. The maximum absolute atomic E-state index is 13.5. The Balaban J connectivity index is 3.01. The zero-order valence-corrected chi connectivity index (χ0v) is 13.5. The summed E-state index contributed by atoms with van der Waals surface area (Å²) in [5.41, 5.74) is 1.87. The van der Waals surface area contributed by atoms with Gasteiger partial charge in [-0.05, 0) is 48.9 Å². The largest absolute Gasteiger partial charge is 0.313 e. The maximum Gasteiger partial charge on any atom is 0.127 e. The van der Waals surface area contributed by atoms with Crippen molar-refractivity contribution in [3.05, 3.63) is 34.1 Å². The second-order valence-corrected chi connectivity index (χ2v) is 6.87. The van der Waals surface area contributed by atoms with Crippen molar-refractivity contribution in [2.45, 2.75) is 47.1 Å². The lowest BCUT2D eigenvalue weighted by Gasteiger charge is -2.31. The van der Waals surface area contributed by atoms with Crippen LogP contribution in [-0.4, -0.2) is 7.05 Å². The molecule has 0 saturated heterocycles. The van der Waals surface area contributed by atoms with Crippen molar-refractivity contribution in [2.75, 3.05) is 7.05 Å². The summed E-state index contributed by atoms with van der Waals surface area (Å²) in [5, 5.41) is 3.81. The molecule has 0 radical (unpaired) electrons. The van der Waals surface area contributed by atoms with E-state index in [1.807, 2.05) is 13.1 Å². The highest BCUT2D eigenvalue weighted by Gasteiger charge is 2.25. The van der Waals surface area contributed by atoms with E-state index < -0.39 is 0 Å². The van der Waals surface area contributed by atoms with E-state index in [9.17, 15) is 4.39 Å². The van der Waals surface area contributed by atoms with E-state index in [0.29, 0.717) is 16.5 Å². The van der Waals surface area contributed by atoms with Gasteiger partial charge in [-0.15, -0.1) is 0 Å². The molecule has 0 amide bonds. The highest BCUT2D eigenvalue weighted by Crippen LogP contribution is 2.35. The van der Waals surface area contributed by atoms with E-state index in [2.05, 4.69) is 33.0 Å². The molecule has 3 heteroatoms. The van der Waals surface area contributed by atoms with Crippen molar-refractivity contribution in [2.24, 2.45) is 11.3 Å². The second kappa shape index (κ2) is 6.23. The summed E-state index contributed by atoms with van der Waals surface area (Å²) in [7, 11) is 1.93. The van der Waals surface area contributed by atoms with Crippen LogP contribution in [0.25, 0.3) is 0 Å². The van der Waals surface area contributed by atoms with Crippen LogP contribution in [0.3, 0.4) is 0 Å². The lowest BCUT2D eigenvalue weighted by molar-refractivity contribution is 0.226. The smallest absolute Gasteiger partial charge is 0.127 e. The van der Waals surface area contributed by atoms with Gasteiger partial charge in [0.1, 0.15) is 5.82 Å². The van der Waals surface area contributed by atoms with E-state index >= 15 is 0 Å². The van der Waals surface area contributed by atoms with E-state index in [1.165, 1.54) is 6.07 Å². The van der Waals surface area contributed by atoms with E-state index in [0.717, 1.165) is 12.0 Å². The fourth-order valence-electron chi connectivity index (χ4n) is 2.05. The van der Waals surface area contributed by atoms with Crippen LogP contribution in [0.5, 0.6) is 0 Å². The van der Waals surface area contributed by atoms with Crippen molar-refractivity contribution in [3.8, 4) is 0 Å². The van der Waals surface area contributed by atoms with Crippen LogP contribution < -0.4 is 5.32 Å². The molecule has 0 fully saturated rings. The molecule has 108 valence electrons. The van der Waals surface area contributed by atoms with Gasteiger partial charge in [0.15, 0.2) is 0 Å². The molecule has 0 aliphatic heterocycles. The van der Waals surface area contributed by atoms with Crippen LogP contribution in [0.2, 0.25) is 5.02 Å². The minimum absolute atomic E-state index is 0.154. The number of hydrogen-bond acceptors (Lipinski definition) is 1. The number of hydrogen-bond donors (Lipinski definition) is 1. The molecule has 0 bridgehead atoms. The molecular weight excluding hydrogens is 261 g/mol. The first-order valence-electron chi connectivity index (χ1n) is 6.79. The van der Waals surface area contributed by atoms with Crippen molar-refractivity contribution >= 4 is 11.6 Å². The molecule has 0 aliphatic rings. The fraction of sp³-hybridized carbons (Fsp3) is 0.625. The summed E-state index contributed by atoms with van der Waals surface area (Å²) in [6, 6.07) is 3.42. The molecule has 1 aromatic carbocycles. The summed E-state index contributed by atoms with van der Waals surface area (Å²) in [6.07, 6.45) is 0.977. The topological polar surface area (TPSA) is 12.0 Å². The Hall–Kier alpha value is -0.600. The van der Waals surface area contributed by atoms with E-state index in [-0.39, 0.29) is 17.3 Å². The van der Waals surface area contributed by atoms with Gasteiger partial charge in [-0.1, -0.05) is 45.4 Å². The number of halogens is 2. The Morgan fingerprint density at radius 1 is 1.32 bits per heavy atom. The quantitative estimate of drug-likeness (QED) is 0.809. The number of nitrogens with one attached hydrogen (secondary N) is 1. The molecule has 1 N–H and O–H groups in total. The summed E-state index contributed by atoms with van der Waals surface area (Å²) in [4.78, 5) is 0. The third kappa shape index (κ3) is 4.19. The van der Waals surface area contributed by atoms with Crippen LogP contribution in [0, 0.1) is 24.1 Å². The highest BCUT2D eigenvalue weighted by molar-refractivity contribution is 6.31. The summed E-state index contributed by atoms with van der Waals surface area (Å²) >= 11 is 6.19. The first kappa shape index (κ1) is 16.5. The molecule has 1 aromatic rings. The lowest BCUT2D eigenvalue weighted by atomic mass is 9.77. The average molecular weight is 286 g/mol. The SMILES string of the molecule is CNC(CC(C)C(C)(C)C)c1cc(C)c(F)cc1Cl. The number of aryl methyl sites for hydroxylation is 1. The number of benzene rings is 1. The molecule has 0 aromatic heterocycles. The zero-order chi connectivity index (χ0) is 14.8. The van der Waals surface area contributed by atoms with Gasteiger partial charge in [-0.2, -0.15) is 0 Å². The Kier molecular flexibility index (Phi) is 5.40. The molecule has 19 heavy (non-hydrogen) atoms. The average Bonchev–Trinajstić information content (AvgIpc) is 2.29. The Bertz CT molecular complexity index is 437. The minimum Gasteiger partial charge on any atom is -0.313 e. The Labute approximate surface area is 121 Å². The van der Waals surface area contributed by atoms with Crippen molar-refractivity contribution < 1.29 is 4.39 Å². The summed E-state index contributed by atoms with van der Waals surface area (Å²) < 4.78 is 13.5. The molecule has 1 nitrogen and oxygen atoms in total. The Morgan fingerprint density at radius 3 is 2.37 bits per heavy atom. The normalized spacial score (nSPS) is 15.4. The zero-order valence-electron chi connectivity index (χ0n) is 12.8. The third-order valence-electron chi connectivity index (χ3n) is 4.07. The molecule has 0 spiro atoms. The lowest BCUT2D eigenvalue weighted by Crippen LogP contribution is -2.25. The van der Waals surface area contributed by atoms with Crippen LogP contribution in [0.15, 0.2) is 12.1 Å². The van der Waals surface area contributed by atoms with Gasteiger partial charge in [0.2, 0.25) is 0 Å². The van der Waals surface area contributed by atoms with Gasteiger partial charge in [-0.25, -0.2) is 4.39 Å². The van der Waals surface area contributed by atoms with Gasteiger partial charge in [-0.3, -0.25) is 0 Å².